The van der Waals surface area contributed by atoms with Crippen LogP contribution in [0.15, 0.2) is 34.0 Å². The van der Waals surface area contributed by atoms with Crippen LogP contribution < -0.4 is 14.6 Å². The van der Waals surface area contributed by atoms with Crippen LogP contribution in [-0.4, -0.2) is 31.1 Å². The van der Waals surface area contributed by atoms with E-state index < -0.39 is 10.0 Å². The summed E-state index contributed by atoms with van der Waals surface area (Å²) in [7, 11) is -3.78. The topological polar surface area (TPSA) is 81.5 Å². The van der Waals surface area contributed by atoms with Crippen LogP contribution in [-0.2, 0) is 16.4 Å². The molecule has 140 valence electrons. The van der Waals surface area contributed by atoms with E-state index in [1.165, 1.54) is 8.87 Å². The van der Waals surface area contributed by atoms with Gasteiger partial charge in [0.1, 0.15) is 0 Å². The van der Waals surface area contributed by atoms with Crippen molar-refractivity contribution < 1.29 is 13.2 Å². The third kappa shape index (κ3) is 2.98. The summed E-state index contributed by atoms with van der Waals surface area (Å²) in [5.41, 5.74) is 1.15. The van der Waals surface area contributed by atoms with E-state index in [0.29, 0.717) is 18.6 Å². The van der Waals surface area contributed by atoms with E-state index in [9.17, 15) is 13.2 Å². The van der Waals surface area contributed by atoms with Crippen molar-refractivity contribution >= 4 is 15.8 Å². The zero-order chi connectivity index (χ0) is 19.1. The van der Waals surface area contributed by atoms with E-state index in [0.717, 1.165) is 5.56 Å². The number of nitrogens with zero attached hydrogens (tertiary/aromatic N) is 3. The number of anilines is 1. The molecule has 2 aromatic rings. The van der Waals surface area contributed by atoms with Gasteiger partial charge in [-0.15, -0.1) is 0 Å². The van der Waals surface area contributed by atoms with Crippen LogP contribution in [0.2, 0.25) is 0 Å². The monoisotopic (exact) mass is 377 g/mol. The van der Waals surface area contributed by atoms with Gasteiger partial charge < -0.3 is 4.74 Å². The Morgan fingerprint density at radius 1 is 1.23 bits per heavy atom. The normalized spacial score (nSPS) is 14.0. The number of fused-ring (bicyclic) bond motifs is 1. The van der Waals surface area contributed by atoms with Crippen LogP contribution in [0.25, 0.3) is 0 Å². The van der Waals surface area contributed by atoms with Gasteiger partial charge in [-0.3, -0.25) is 9.36 Å². The number of rotatable bonds is 5. The Hall–Kier alpha value is -2.35. The Morgan fingerprint density at radius 2 is 1.88 bits per heavy atom. The third-order valence-corrected chi connectivity index (χ3v) is 6.16. The Balaban J connectivity index is 2.14. The first-order valence-corrected chi connectivity index (χ1v) is 10.1. The lowest BCUT2D eigenvalue weighted by Gasteiger charge is -2.21. The van der Waals surface area contributed by atoms with Crippen molar-refractivity contribution in [3.05, 3.63) is 45.7 Å². The molecule has 0 N–H and O–H groups in total. The second-order valence-electron chi connectivity index (χ2n) is 6.54. The van der Waals surface area contributed by atoms with Crippen molar-refractivity contribution in [2.24, 2.45) is 0 Å². The molecule has 3 rings (SSSR count). The molecule has 1 aliphatic heterocycles. The summed E-state index contributed by atoms with van der Waals surface area (Å²) in [5.74, 6) is 0.177. The predicted octanol–water partition coefficient (Wildman–Crippen LogP) is 2.28. The SMILES string of the molecule is CCOc1nc2c(c(=O)n1C(C)C)CCN2S(=O)(=O)c1ccc(C)cc1. The fourth-order valence-electron chi connectivity index (χ4n) is 3.04. The van der Waals surface area contributed by atoms with Gasteiger partial charge in [0.25, 0.3) is 15.6 Å². The number of aromatic nitrogens is 2. The van der Waals surface area contributed by atoms with Crippen molar-refractivity contribution in [1.82, 2.24) is 9.55 Å². The van der Waals surface area contributed by atoms with Crippen LogP contribution in [0.4, 0.5) is 5.82 Å². The molecule has 0 bridgehead atoms. The molecule has 8 heteroatoms. The Bertz CT molecular complexity index is 979. The van der Waals surface area contributed by atoms with Gasteiger partial charge in [0.05, 0.1) is 17.1 Å². The van der Waals surface area contributed by atoms with E-state index in [1.54, 1.807) is 31.2 Å². The van der Waals surface area contributed by atoms with Crippen LogP contribution in [0, 0.1) is 6.92 Å². The molecule has 0 fully saturated rings. The number of ether oxygens (including phenoxy) is 1. The molecule has 0 atom stereocenters. The molecular weight excluding hydrogens is 354 g/mol. The lowest BCUT2D eigenvalue weighted by Crippen LogP contribution is -2.31. The maximum atomic E-state index is 13.0. The molecule has 7 nitrogen and oxygen atoms in total. The van der Waals surface area contributed by atoms with Gasteiger partial charge in [-0.05, 0) is 39.8 Å². The zero-order valence-electron chi connectivity index (χ0n) is 15.4. The average Bonchev–Trinajstić information content (AvgIpc) is 3.00. The van der Waals surface area contributed by atoms with Gasteiger partial charge in [0.2, 0.25) is 0 Å². The van der Waals surface area contributed by atoms with Crippen LogP contribution in [0.5, 0.6) is 6.01 Å². The van der Waals surface area contributed by atoms with Crippen molar-refractivity contribution in [2.45, 2.75) is 45.1 Å². The van der Waals surface area contributed by atoms with E-state index in [1.807, 2.05) is 20.8 Å². The van der Waals surface area contributed by atoms with Gasteiger partial charge in [-0.25, -0.2) is 12.7 Å². The summed E-state index contributed by atoms with van der Waals surface area (Å²) in [5, 5.41) is 0. The third-order valence-electron chi connectivity index (χ3n) is 4.35. The zero-order valence-corrected chi connectivity index (χ0v) is 16.2. The molecule has 0 unspecified atom stereocenters. The first-order valence-electron chi connectivity index (χ1n) is 8.65. The van der Waals surface area contributed by atoms with Crippen LogP contribution in [0.3, 0.4) is 0 Å². The van der Waals surface area contributed by atoms with Crippen molar-refractivity contribution in [3.8, 4) is 6.01 Å². The smallest absolute Gasteiger partial charge is 0.301 e. The lowest BCUT2D eigenvalue weighted by molar-refractivity contribution is 0.281. The lowest BCUT2D eigenvalue weighted by atomic mass is 10.2. The standard InChI is InChI=1S/C18H23N3O4S/c1-5-25-18-19-16-15(17(22)21(18)12(2)3)10-11-20(16)26(23,24)14-8-6-13(4)7-9-14/h6-9,12H,5,10-11H2,1-4H3. The van der Waals surface area contributed by atoms with Crippen LogP contribution in [0.1, 0.15) is 37.9 Å². The molecule has 26 heavy (non-hydrogen) atoms. The van der Waals surface area contributed by atoms with E-state index >= 15 is 0 Å². The average molecular weight is 377 g/mol. The van der Waals surface area contributed by atoms with Crippen molar-refractivity contribution in [2.75, 3.05) is 17.5 Å². The molecule has 0 aliphatic carbocycles. The van der Waals surface area contributed by atoms with Gasteiger partial charge in [0.15, 0.2) is 5.82 Å². The van der Waals surface area contributed by atoms with Gasteiger partial charge >= 0.3 is 6.01 Å². The summed E-state index contributed by atoms with van der Waals surface area (Å²) in [4.78, 5) is 17.5. The molecule has 0 spiro atoms. The number of hydrogen-bond acceptors (Lipinski definition) is 5. The first kappa shape index (κ1) is 18.4. The molecule has 1 aromatic heterocycles. The van der Waals surface area contributed by atoms with Crippen LogP contribution >= 0.6 is 0 Å². The van der Waals surface area contributed by atoms with Gasteiger partial charge in [-0.1, -0.05) is 17.7 Å². The Morgan fingerprint density at radius 3 is 2.46 bits per heavy atom. The number of benzene rings is 1. The summed E-state index contributed by atoms with van der Waals surface area (Å²) in [6, 6.07) is 6.66. The van der Waals surface area contributed by atoms with Gasteiger partial charge in [-0.2, -0.15) is 4.98 Å². The minimum Gasteiger partial charge on any atom is -0.465 e. The van der Waals surface area contributed by atoms with E-state index in [2.05, 4.69) is 4.98 Å². The van der Waals surface area contributed by atoms with Crippen molar-refractivity contribution in [3.63, 3.8) is 0 Å². The Labute approximate surface area is 153 Å². The predicted molar refractivity (Wildman–Crippen MR) is 99.5 cm³/mol. The highest BCUT2D eigenvalue weighted by Crippen LogP contribution is 2.31. The maximum Gasteiger partial charge on any atom is 0.301 e. The largest absolute Gasteiger partial charge is 0.465 e. The fourth-order valence-corrected chi connectivity index (χ4v) is 4.49. The second kappa shape index (κ2) is 6.75. The summed E-state index contributed by atoms with van der Waals surface area (Å²) >= 11 is 0. The second-order valence-corrected chi connectivity index (χ2v) is 8.40. The van der Waals surface area contributed by atoms with Gasteiger partial charge in [0, 0.05) is 19.0 Å². The highest BCUT2D eigenvalue weighted by molar-refractivity contribution is 7.92. The molecule has 0 saturated heterocycles. The molecule has 0 radical (unpaired) electrons. The summed E-state index contributed by atoms with van der Waals surface area (Å²) < 4.78 is 34.3. The molecule has 0 amide bonds. The Kier molecular flexibility index (Phi) is 4.79. The first-order chi connectivity index (χ1) is 12.3. The summed E-state index contributed by atoms with van der Waals surface area (Å²) in [6.45, 7) is 7.96. The van der Waals surface area contributed by atoms with E-state index in [4.69, 9.17) is 4.74 Å². The highest BCUT2D eigenvalue weighted by atomic mass is 32.2. The molecule has 2 heterocycles. The number of sulfonamides is 1. The number of aryl methyl sites for hydroxylation is 1. The molecular formula is C18H23N3O4S. The number of hydrogen-bond donors (Lipinski definition) is 0. The molecule has 1 aliphatic rings. The quantitative estimate of drug-likeness (QED) is 0.798. The summed E-state index contributed by atoms with van der Waals surface area (Å²) in [6.07, 6.45) is 0.339. The molecule has 1 aromatic carbocycles. The maximum absolute atomic E-state index is 13.0. The van der Waals surface area contributed by atoms with Crippen molar-refractivity contribution in [1.29, 1.82) is 0 Å². The fraction of sp³-hybridized carbons (Fsp3) is 0.444. The minimum absolute atomic E-state index is 0.135. The minimum atomic E-state index is -3.78. The molecule has 0 saturated carbocycles. The van der Waals surface area contributed by atoms with E-state index in [-0.39, 0.29) is 34.9 Å². The highest BCUT2D eigenvalue weighted by Gasteiger charge is 2.35.